The second-order valence-corrected chi connectivity index (χ2v) is 2.68. The third kappa shape index (κ3) is 94.6. The molecule has 0 spiro atoms. The normalized spacial score (nSPS) is 10.0. The molecule has 1 nitrogen and oxygen atoms in total. The summed E-state index contributed by atoms with van der Waals surface area (Å²) in [5, 5.41) is 0. The minimum Gasteiger partial charge on any atom is -0.333 e. The Balaban J connectivity index is 0. The van der Waals surface area contributed by atoms with Gasteiger partial charge < -0.3 is 4.48 Å². The molecule has 0 bridgehead atoms. The molecule has 0 saturated carbocycles. The summed E-state index contributed by atoms with van der Waals surface area (Å²) in [6.45, 7) is 0. The Morgan fingerprint density at radius 1 is 0.833 bits per heavy atom. The molecule has 0 N–H and O–H groups in total. The summed E-state index contributed by atoms with van der Waals surface area (Å²) < 4.78 is 1.00. The molecule has 6 heavy (non-hydrogen) atoms. The molecule has 0 saturated heterocycles. The molecule has 0 heterocycles. The van der Waals surface area contributed by atoms with Gasteiger partial charge in [-0.2, -0.15) is 0 Å². The van der Waals surface area contributed by atoms with E-state index < -0.39 is 0 Å². The molecule has 0 atom stereocenters. The average molecular weight is 281 g/mol. The quantitative estimate of drug-likeness (QED) is 0.431. The molecule has 0 fully saturated rings. The van der Waals surface area contributed by atoms with E-state index in [1.54, 1.807) is 0 Å². The maximum atomic E-state index is 2.12. The average Bonchev–Trinajstić information content (AvgIpc) is 0.722. The minimum atomic E-state index is 0. The van der Waals surface area contributed by atoms with Crippen molar-refractivity contribution < 1.29 is 4.48 Å². The van der Waals surface area contributed by atoms with Crippen molar-refractivity contribution in [1.29, 1.82) is 0 Å². The van der Waals surface area contributed by atoms with Crippen LogP contribution >= 0.6 is 0 Å². The van der Waals surface area contributed by atoms with Crippen LogP contribution in [0.4, 0.5) is 0 Å². The first-order valence-corrected chi connectivity index (χ1v) is 1.79. The standard InChI is InChI=1S/C4H12N.Pb/c1-5(2,3)4;/h1-4H3;/q+1;+2. The third-order valence-corrected chi connectivity index (χ3v) is 0. The summed E-state index contributed by atoms with van der Waals surface area (Å²) in [5.41, 5.74) is 0. The second-order valence-electron chi connectivity index (χ2n) is 2.68. The monoisotopic (exact) mass is 282 g/mol. The Bertz CT molecular complexity index is 23.0. The van der Waals surface area contributed by atoms with Gasteiger partial charge in [0.1, 0.15) is 0 Å². The van der Waals surface area contributed by atoms with Crippen molar-refractivity contribution in [2.75, 3.05) is 28.2 Å². The SMILES string of the molecule is C[N+](C)(C)C.[Pb+2]. The first-order chi connectivity index (χ1) is 2.00. The van der Waals surface area contributed by atoms with E-state index >= 15 is 0 Å². The maximum Gasteiger partial charge on any atom is 2.00 e. The summed E-state index contributed by atoms with van der Waals surface area (Å²) in [5.74, 6) is 0. The fraction of sp³-hybridized carbons (Fsp3) is 1.00. The van der Waals surface area contributed by atoms with Crippen LogP contribution in [0.2, 0.25) is 0 Å². The maximum absolute atomic E-state index is 2.12. The smallest absolute Gasteiger partial charge is 0.333 e. The van der Waals surface area contributed by atoms with Gasteiger partial charge in [-0.25, -0.2) is 0 Å². The van der Waals surface area contributed by atoms with Crippen LogP contribution in [0.25, 0.3) is 0 Å². The van der Waals surface area contributed by atoms with E-state index in [2.05, 4.69) is 28.2 Å². The first-order valence-electron chi connectivity index (χ1n) is 1.79. The van der Waals surface area contributed by atoms with Crippen LogP contribution in [0.5, 0.6) is 0 Å². The molecular formula is C4H12NPb+3. The van der Waals surface area contributed by atoms with Gasteiger partial charge in [0, 0.05) is 0 Å². The summed E-state index contributed by atoms with van der Waals surface area (Å²) in [4.78, 5) is 0. The number of rotatable bonds is 0. The van der Waals surface area contributed by atoms with Crippen molar-refractivity contribution in [3.63, 3.8) is 0 Å². The number of nitrogens with zero attached hydrogens (tertiary/aromatic N) is 1. The van der Waals surface area contributed by atoms with E-state index in [0.29, 0.717) is 0 Å². The van der Waals surface area contributed by atoms with Crippen molar-refractivity contribution in [2.45, 2.75) is 0 Å². The second kappa shape index (κ2) is 2.96. The summed E-state index contributed by atoms with van der Waals surface area (Å²) in [6, 6.07) is 0. The summed E-state index contributed by atoms with van der Waals surface area (Å²) in [7, 11) is 8.50. The van der Waals surface area contributed by atoms with Gasteiger partial charge in [0.15, 0.2) is 0 Å². The largest absolute Gasteiger partial charge is 2.00 e. The molecule has 0 unspecified atom stereocenters. The van der Waals surface area contributed by atoms with Gasteiger partial charge in [-0.05, 0) is 0 Å². The minimum absolute atomic E-state index is 0. The van der Waals surface area contributed by atoms with Gasteiger partial charge in [0.2, 0.25) is 0 Å². The Labute approximate surface area is 60.1 Å². The fourth-order valence-electron chi connectivity index (χ4n) is 0. The summed E-state index contributed by atoms with van der Waals surface area (Å²) in [6.07, 6.45) is 0. The molecule has 0 aliphatic carbocycles. The first kappa shape index (κ1) is 9.99. The van der Waals surface area contributed by atoms with E-state index in [-0.39, 0.29) is 27.3 Å². The summed E-state index contributed by atoms with van der Waals surface area (Å²) >= 11 is 0. The van der Waals surface area contributed by atoms with Crippen molar-refractivity contribution in [2.24, 2.45) is 0 Å². The molecule has 2 radical (unpaired) electrons. The topological polar surface area (TPSA) is 0 Å². The van der Waals surface area contributed by atoms with Crippen molar-refractivity contribution in [3.05, 3.63) is 0 Å². The number of hydrogen-bond acceptors (Lipinski definition) is 0. The van der Waals surface area contributed by atoms with Crippen LogP contribution in [0.15, 0.2) is 0 Å². The Morgan fingerprint density at radius 3 is 0.833 bits per heavy atom. The molecule has 0 aliphatic heterocycles. The Hall–Kier alpha value is 0.882. The molecule has 0 amide bonds. The van der Waals surface area contributed by atoms with E-state index in [4.69, 9.17) is 0 Å². The van der Waals surface area contributed by atoms with Gasteiger partial charge in [-0.15, -0.1) is 0 Å². The zero-order chi connectivity index (χ0) is 4.50. The van der Waals surface area contributed by atoms with E-state index in [0.717, 1.165) is 4.48 Å². The molecule has 2 heteroatoms. The van der Waals surface area contributed by atoms with E-state index in [9.17, 15) is 0 Å². The van der Waals surface area contributed by atoms with Crippen LogP contribution in [0, 0.1) is 0 Å². The molecule has 0 aromatic rings. The van der Waals surface area contributed by atoms with Crippen molar-refractivity contribution >= 4 is 27.3 Å². The molecule has 0 aromatic carbocycles. The van der Waals surface area contributed by atoms with Crippen LogP contribution in [0.1, 0.15) is 0 Å². The van der Waals surface area contributed by atoms with E-state index in [1.807, 2.05) is 0 Å². The van der Waals surface area contributed by atoms with Crippen molar-refractivity contribution in [1.82, 2.24) is 0 Å². The molecule has 0 aromatic heterocycles. The number of hydrogen-bond donors (Lipinski definition) is 0. The van der Waals surface area contributed by atoms with Crippen LogP contribution in [0.3, 0.4) is 0 Å². The molecule has 34 valence electrons. The van der Waals surface area contributed by atoms with Crippen molar-refractivity contribution in [3.8, 4) is 0 Å². The predicted molar refractivity (Wildman–Crippen MR) is 29.7 cm³/mol. The zero-order valence-corrected chi connectivity index (χ0v) is 8.83. The van der Waals surface area contributed by atoms with Gasteiger partial charge in [0.05, 0.1) is 28.2 Å². The van der Waals surface area contributed by atoms with Gasteiger partial charge in [0.25, 0.3) is 0 Å². The third-order valence-electron chi connectivity index (χ3n) is 0. The van der Waals surface area contributed by atoms with Gasteiger partial charge in [-0.3, -0.25) is 0 Å². The van der Waals surface area contributed by atoms with Crippen LogP contribution < -0.4 is 0 Å². The Morgan fingerprint density at radius 2 is 0.833 bits per heavy atom. The Kier molecular flexibility index (Phi) is 4.93. The van der Waals surface area contributed by atoms with Crippen LogP contribution in [-0.4, -0.2) is 60.0 Å². The van der Waals surface area contributed by atoms with Gasteiger partial charge in [-0.1, -0.05) is 0 Å². The molecule has 0 rings (SSSR count). The fourth-order valence-corrected chi connectivity index (χ4v) is 0. The molecule has 0 aliphatic rings. The zero-order valence-electron chi connectivity index (χ0n) is 4.95. The van der Waals surface area contributed by atoms with E-state index in [1.165, 1.54) is 0 Å². The van der Waals surface area contributed by atoms with Gasteiger partial charge >= 0.3 is 27.3 Å². The van der Waals surface area contributed by atoms with Crippen LogP contribution in [-0.2, 0) is 0 Å². The predicted octanol–water partition coefficient (Wildman–Crippen LogP) is -0.0584. The number of quaternary nitrogens is 1. The molecular weight excluding hydrogens is 269 g/mol.